The van der Waals surface area contributed by atoms with Crippen molar-refractivity contribution >= 4 is 16.6 Å². The summed E-state index contributed by atoms with van der Waals surface area (Å²) in [6.07, 6.45) is 6.36. The van der Waals surface area contributed by atoms with E-state index in [-0.39, 0.29) is 5.41 Å². The van der Waals surface area contributed by atoms with Gasteiger partial charge in [-0.2, -0.15) is 0 Å². The largest absolute Gasteiger partial charge is 0.382 e. The Labute approximate surface area is 306 Å². The van der Waals surface area contributed by atoms with Gasteiger partial charge in [0.05, 0.1) is 0 Å². The summed E-state index contributed by atoms with van der Waals surface area (Å²) in [5.74, 6) is 0. The molecule has 3 aliphatic rings. The number of para-hydroxylation sites is 2. The molecule has 4 N–H and O–H groups in total. The lowest BCUT2D eigenvalue weighted by atomic mass is 9.80. The topological polar surface area (TPSA) is 51.9 Å². The van der Waals surface area contributed by atoms with E-state index in [4.69, 9.17) is 0 Å². The summed E-state index contributed by atoms with van der Waals surface area (Å²) in [6.45, 7) is 29.6. The van der Waals surface area contributed by atoms with Crippen LogP contribution in [0.25, 0.3) is 10.9 Å². The zero-order chi connectivity index (χ0) is 36.7. The second-order valence-electron chi connectivity index (χ2n) is 19.1. The molecule has 4 heteroatoms. The van der Waals surface area contributed by atoms with Crippen molar-refractivity contribution in [2.24, 2.45) is 16.2 Å². The molecule has 3 aromatic carbocycles. The summed E-state index contributed by atoms with van der Waals surface area (Å²) in [5, 5.41) is 12.0. The van der Waals surface area contributed by atoms with Gasteiger partial charge < -0.3 is 20.9 Å². The highest BCUT2D eigenvalue weighted by Gasteiger charge is 2.29. The van der Waals surface area contributed by atoms with Crippen LogP contribution in [0.1, 0.15) is 125 Å². The Morgan fingerprint density at radius 2 is 1.14 bits per heavy atom. The van der Waals surface area contributed by atoms with Gasteiger partial charge in [-0.1, -0.05) is 144 Å². The van der Waals surface area contributed by atoms with E-state index in [1.165, 1.54) is 77.6 Å². The number of hydrogen-bond donors (Lipinski definition) is 4. The number of H-pyrrole nitrogens is 1. The molecule has 7 rings (SSSR count). The molecule has 0 bridgehead atoms. The first-order valence-corrected chi connectivity index (χ1v) is 19.3. The first kappa shape index (κ1) is 39.7. The molecule has 274 valence electrons. The lowest BCUT2D eigenvalue weighted by Gasteiger charge is -2.36. The van der Waals surface area contributed by atoms with Gasteiger partial charge in [-0.25, -0.2) is 0 Å². The Bertz CT molecular complexity index is 1510. The van der Waals surface area contributed by atoms with Gasteiger partial charge in [-0.05, 0) is 95.2 Å². The van der Waals surface area contributed by atoms with E-state index < -0.39 is 0 Å². The Kier molecular flexibility index (Phi) is 13.1. The summed E-state index contributed by atoms with van der Waals surface area (Å²) in [6, 6.07) is 30.0. The van der Waals surface area contributed by atoms with Crippen LogP contribution in [-0.2, 0) is 24.8 Å². The Hall–Kier alpha value is -3.08. The number of rotatable bonds is 0. The molecule has 0 amide bonds. The van der Waals surface area contributed by atoms with Gasteiger partial charge in [0.15, 0.2) is 0 Å². The Morgan fingerprint density at radius 3 is 1.70 bits per heavy atom. The summed E-state index contributed by atoms with van der Waals surface area (Å²) >= 11 is 0. The quantitative estimate of drug-likeness (QED) is 0.150. The first-order valence-electron chi connectivity index (χ1n) is 19.3. The molecule has 0 spiro atoms. The van der Waals surface area contributed by atoms with Crippen LogP contribution in [-0.4, -0.2) is 29.7 Å². The molecule has 50 heavy (non-hydrogen) atoms. The van der Waals surface area contributed by atoms with Crippen molar-refractivity contribution in [1.29, 1.82) is 0 Å². The lowest BCUT2D eigenvalue weighted by Crippen LogP contribution is -2.44. The molecule has 0 radical (unpaired) electrons. The van der Waals surface area contributed by atoms with Crippen LogP contribution >= 0.6 is 0 Å². The maximum atomic E-state index is 3.64. The highest BCUT2D eigenvalue weighted by molar-refractivity contribution is 5.80. The molecule has 3 unspecified atom stereocenters. The second-order valence-corrected chi connectivity index (χ2v) is 19.1. The molecule has 1 fully saturated rings. The van der Waals surface area contributed by atoms with E-state index in [0.29, 0.717) is 28.3 Å². The maximum absolute atomic E-state index is 3.64. The van der Waals surface area contributed by atoms with Crippen LogP contribution in [0.3, 0.4) is 0 Å². The van der Waals surface area contributed by atoms with Gasteiger partial charge in [0.2, 0.25) is 0 Å². The molecule has 3 aliphatic heterocycles. The lowest BCUT2D eigenvalue weighted by molar-refractivity contribution is 0.255. The van der Waals surface area contributed by atoms with Crippen LogP contribution in [0.5, 0.6) is 0 Å². The number of hydrogen-bond acceptors (Lipinski definition) is 3. The zero-order valence-electron chi connectivity index (χ0n) is 33.7. The van der Waals surface area contributed by atoms with E-state index in [0.717, 1.165) is 12.6 Å². The standard InChI is InChI=1S/2C13H19N.C12H15N.C8H17N/c1-13(2,3)12-8-10-6-4-5-7-11(10)9-14-12;1-13(2,3)12-9-8-10-6-4-5-7-11(10)14-12;1-12(2,3)11-8-9-6-4-5-7-10(9)13-11;1-8(2,3)7-5-4-6-9-7/h2*4-7,12,14H,8-9H2,1-3H3;4-8,13H,1-3H3;7,9H,4-6H2,1-3H3. The Balaban J connectivity index is 0.000000152. The predicted molar refractivity (Wildman–Crippen MR) is 219 cm³/mol. The summed E-state index contributed by atoms with van der Waals surface area (Å²) in [4.78, 5) is 3.44. The van der Waals surface area contributed by atoms with Crippen molar-refractivity contribution in [3.05, 3.63) is 101 Å². The molecule has 4 nitrogen and oxygen atoms in total. The molecule has 3 atom stereocenters. The van der Waals surface area contributed by atoms with Crippen LogP contribution in [0.4, 0.5) is 5.69 Å². The van der Waals surface area contributed by atoms with Gasteiger partial charge in [0.1, 0.15) is 0 Å². The van der Waals surface area contributed by atoms with Gasteiger partial charge in [0, 0.05) is 47.0 Å². The highest BCUT2D eigenvalue weighted by Crippen LogP contribution is 2.33. The average molecular weight is 679 g/mol. The van der Waals surface area contributed by atoms with Crippen molar-refractivity contribution in [2.75, 3.05) is 11.9 Å². The van der Waals surface area contributed by atoms with Gasteiger partial charge in [0.25, 0.3) is 0 Å². The fraction of sp³-hybridized carbons (Fsp3) is 0.565. The monoisotopic (exact) mass is 679 g/mol. The molecule has 0 saturated carbocycles. The van der Waals surface area contributed by atoms with Crippen LogP contribution < -0.4 is 16.0 Å². The van der Waals surface area contributed by atoms with Crippen LogP contribution in [0.2, 0.25) is 0 Å². The van der Waals surface area contributed by atoms with Crippen molar-refractivity contribution in [3.63, 3.8) is 0 Å². The predicted octanol–water partition coefficient (Wildman–Crippen LogP) is 11.5. The third-order valence-corrected chi connectivity index (χ3v) is 10.7. The number of anilines is 1. The zero-order valence-corrected chi connectivity index (χ0v) is 33.7. The van der Waals surface area contributed by atoms with Gasteiger partial charge in [-0.3, -0.25) is 0 Å². The number of benzene rings is 3. The smallest absolute Gasteiger partial charge is 0.0456 e. The third-order valence-electron chi connectivity index (χ3n) is 10.7. The van der Waals surface area contributed by atoms with E-state index in [1.54, 1.807) is 0 Å². The summed E-state index contributed by atoms with van der Waals surface area (Å²) < 4.78 is 0. The average Bonchev–Trinajstić information content (AvgIpc) is 3.76. The molecule has 4 aromatic rings. The maximum Gasteiger partial charge on any atom is 0.0456 e. The van der Waals surface area contributed by atoms with E-state index in [2.05, 4.69) is 183 Å². The van der Waals surface area contributed by atoms with E-state index >= 15 is 0 Å². The van der Waals surface area contributed by atoms with Crippen LogP contribution in [0, 0.1) is 16.2 Å². The van der Waals surface area contributed by atoms with Crippen molar-refractivity contribution in [3.8, 4) is 0 Å². The normalized spacial score (nSPS) is 20.4. The fourth-order valence-corrected chi connectivity index (χ4v) is 7.06. The minimum Gasteiger partial charge on any atom is -0.382 e. The molecule has 1 aromatic heterocycles. The highest BCUT2D eigenvalue weighted by atomic mass is 15.0. The molecular weight excluding hydrogens is 609 g/mol. The third kappa shape index (κ3) is 11.5. The summed E-state index contributed by atoms with van der Waals surface area (Å²) in [7, 11) is 0. The minimum atomic E-state index is 0.207. The number of nitrogens with one attached hydrogen (secondary N) is 4. The van der Waals surface area contributed by atoms with E-state index in [9.17, 15) is 0 Å². The van der Waals surface area contributed by atoms with Crippen molar-refractivity contribution in [1.82, 2.24) is 15.6 Å². The number of aromatic amines is 1. The number of aryl methyl sites for hydroxylation is 1. The first-order chi connectivity index (χ1) is 23.3. The van der Waals surface area contributed by atoms with E-state index in [1.807, 2.05) is 0 Å². The number of fused-ring (bicyclic) bond motifs is 3. The minimum absolute atomic E-state index is 0.207. The number of aromatic nitrogens is 1. The van der Waals surface area contributed by atoms with Crippen molar-refractivity contribution in [2.45, 2.75) is 145 Å². The SMILES string of the molecule is CC(C)(C)C1CCCN1.CC(C)(C)C1CCc2ccccc2N1.CC(C)(C)C1Cc2ccccc2CN1.CC(C)(C)c1cc2ccccc2[nH]1. The van der Waals surface area contributed by atoms with Gasteiger partial charge >= 0.3 is 0 Å². The second kappa shape index (κ2) is 16.5. The van der Waals surface area contributed by atoms with Crippen molar-refractivity contribution < 1.29 is 0 Å². The molecule has 1 saturated heterocycles. The molecule has 0 aliphatic carbocycles. The fourth-order valence-electron chi connectivity index (χ4n) is 7.06. The van der Waals surface area contributed by atoms with Gasteiger partial charge in [-0.15, -0.1) is 0 Å². The molecular formula is C46H70N4. The summed E-state index contributed by atoms with van der Waals surface area (Å²) in [5.41, 5.74) is 9.70. The molecule has 4 heterocycles. The van der Waals surface area contributed by atoms with Crippen LogP contribution in [0.15, 0.2) is 78.9 Å². The Morgan fingerprint density at radius 1 is 0.560 bits per heavy atom.